The fourth-order valence-corrected chi connectivity index (χ4v) is 4.37. The summed E-state index contributed by atoms with van der Waals surface area (Å²) in [4.78, 5) is 22.7. The van der Waals surface area contributed by atoms with Crippen LogP contribution in [-0.4, -0.2) is 38.7 Å². The molecule has 1 fully saturated rings. The lowest BCUT2D eigenvalue weighted by Gasteiger charge is -2.31. The first-order valence-electron chi connectivity index (χ1n) is 9.83. The molecule has 4 aromatic rings. The van der Waals surface area contributed by atoms with Crippen LogP contribution in [0.15, 0.2) is 42.5 Å². The van der Waals surface area contributed by atoms with Crippen LogP contribution in [0.5, 0.6) is 0 Å². The van der Waals surface area contributed by atoms with E-state index in [0.29, 0.717) is 64.2 Å². The largest absolute Gasteiger partial charge is 0.481 e. The summed E-state index contributed by atoms with van der Waals surface area (Å²) in [5, 5.41) is 10.8. The highest BCUT2D eigenvalue weighted by Gasteiger charge is 2.28. The van der Waals surface area contributed by atoms with E-state index in [9.17, 15) is 14.3 Å². The number of carboxylic acids is 1. The number of hydrogen-bond acceptors (Lipinski definition) is 4. The quantitative estimate of drug-likeness (QED) is 0.449. The van der Waals surface area contributed by atoms with Gasteiger partial charge in [-0.05, 0) is 43.2 Å². The number of carbonyl (C=O) groups is 1. The van der Waals surface area contributed by atoms with Gasteiger partial charge in [0.05, 0.1) is 27.0 Å². The first kappa shape index (κ1) is 20.0. The summed E-state index contributed by atoms with van der Waals surface area (Å²) < 4.78 is 16.2. The molecule has 0 unspecified atom stereocenters. The van der Waals surface area contributed by atoms with Gasteiger partial charge in [0, 0.05) is 18.5 Å². The number of anilines is 1. The fraction of sp³-hybridized carbons (Fsp3) is 0.227. The highest BCUT2D eigenvalue weighted by atomic mass is 35.5. The number of benzene rings is 2. The minimum atomic E-state index is -0.779. The number of carboxylic acid groups (broad SMARTS) is 1. The van der Waals surface area contributed by atoms with Crippen LogP contribution in [0.25, 0.3) is 27.8 Å². The molecule has 0 spiro atoms. The van der Waals surface area contributed by atoms with E-state index >= 15 is 0 Å². The average Bonchev–Trinajstić information content (AvgIpc) is 3.12. The number of pyridine rings is 1. The molecule has 1 saturated heterocycles. The minimum absolute atomic E-state index is 0.262. The number of imidazole rings is 1. The molecule has 1 aliphatic heterocycles. The van der Waals surface area contributed by atoms with Gasteiger partial charge in [0.1, 0.15) is 17.2 Å². The lowest BCUT2D eigenvalue weighted by Crippen LogP contribution is -2.37. The highest BCUT2D eigenvalue weighted by molar-refractivity contribution is 6.42. The van der Waals surface area contributed by atoms with Crippen LogP contribution in [0, 0.1) is 11.7 Å². The standard InChI is InChI=1S/C22H17Cl2FN4O2/c23-14-10-17-18(11-15(14)24)29(19-5-4-12-2-1-3-16(25)20(12)27-19)22(26-17)28-8-6-13(7-9-28)21(30)31/h1-5,10-11,13H,6-9H2,(H,30,31). The molecule has 0 aliphatic carbocycles. The zero-order valence-electron chi connectivity index (χ0n) is 16.2. The van der Waals surface area contributed by atoms with E-state index in [-0.39, 0.29) is 11.4 Å². The van der Waals surface area contributed by atoms with Gasteiger partial charge >= 0.3 is 5.97 Å². The van der Waals surface area contributed by atoms with Gasteiger partial charge in [-0.3, -0.25) is 9.36 Å². The van der Waals surface area contributed by atoms with Gasteiger partial charge in [0.25, 0.3) is 0 Å². The zero-order valence-corrected chi connectivity index (χ0v) is 17.7. The predicted octanol–water partition coefficient (Wildman–Crippen LogP) is 5.32. The van der Waals surface area contributed by atoms with Gasteiger partial charge in [0.2, 0.25) is 5.95 Å². The van der Waals surface area contributed by atoms with Crippen molar-refractivity contribution < 1.29 is 14.3 Å². The fourth-order valence-electron chi connectivity index (χ4n) is 4.05. The summed E-state index contributed by atoms with van der Waals surface area (Å²) in [6, 6.07) is 11.8. The number of piperidine rings is 1. The number of halogens is 3. The maximum atomic E-state index is 14.4. The van der Waals surface area contributed by atoms with Crippen molar-refractivity contribution in [2.24, 2.45) is 5.92 Å². The maximum Gasteiger partial charge on any atom is 0.306 e. The molecule has 1 aliphatic rings. The lowest BCUT2D eigenvalue weighted by atomic mass is 9.97. The average molecular weight is 459 g/mol. The Morgan fingerprint density at radius 1 is 1.06 bits per heavy atom. The van der Waals surface area contributed by atoms with Crippen molar-refractivity contribution in [1.82, 2.24) is 14.5 Å². The van der Waals surface area contributed by atoms with Gasteiger partial charge in [-0.15, -0.1) is 0 Å². The lowest BCUT2D eigenvalue weighted by molar-refractivity contribution is -0.142. The molecule has 0 amide bonds. The van der Waals surface area contributed by atoms with Crippen LogP contribution < -0.4 is 4.90 Å². The van der Waals surface area contributed by atoms with E-state index in [2.05, 4.69) is 4.98 Å². The molecule has 2 aromatic heterocycles. The van der Waals surface area contributed by atoms with E-state index < -0.39 is 11.8 Å². The maximum absolute atomic E-state index is 14.4. The second kappa shape index (κ2) is 7.66. The summed E-state index contributed by atoms with van der Waals surface area (Å²) in [7, 11) is 0. The Morgan fingerprint density at radius 3 is 2.55 bits per heavy atom. The van der Waals surface area contributed by atoms with E-state index in [1.165, 1.54) is 6.07 Å². The Balaban J connectivity index is 1.69. The Labute approximate surface area is 186 Å². The van der Waals surface area contributed by atoms with Crippen LogP contribution in [0.3, 0.4) is 0 Å². The Morgan fingerprint density at radius 2 is 1.81 bits per heavy atom. The minimum Gasteiger partial charge on any atom is -0.481 e. The molecule has 1 N–H and O–H groups in total. The molecule has 9 heteroatoms. The van der Waals surface area contributed by atoms with Crippen molar-refractivity contribution in [2.75, 3.05) is 18.0 Å². The van der Waals surface area contributed by atoms with E-state index in [4.69, 9.17) is 28.2 Å². The Bertz CT molecular complexity index is 1330. The number of rotatable bonds is 3. The molecule has 158 valence electrons. The van der Waals surface area contributed by atoms with Crippen LogP contribution in [-0.2, 0) is 4.79 Å². The van der Waals surface area contributed by atoms with Crippen molar-refractivity contribution in [1.29, 1.82) is 0 Å². The summed E-state index contributed by atoms with van der Waals surface area (Å²) in [6.45, 7) is 1.06. The highest BCUT2D eigenvalue weighted by Crippen LogP contribution is 2.34. The Hall–Kier alpha value is -2.90. The van der Waals surface area contributed by atoms with Gasteiger partial charge in [0.15, 0.2) is 0 Å². The number of aromatic nitrogens is 3. The van der Waals surface area contributed by atoms with E-state index in [0.717, 1.165) is 0 Å². The third kappa shape index (κ3) is 3.47. The molecule has 0 atom stereocenters. The monoisotopic (exact) mass is 458 g/mol. The first-order valence-corrected chi connectivity index (χ1v) is 10.6. The smallest absolute Gasteiger partial charge is 0.306 e. The van der Waals surface area contributed by atoms with Crippen molar-refractivity contribution in [3.05, 3.63) is 58.3 Å². The molecule has 0 bridgehead atoms. The molecule has 5 rings (SSSR count). The van der Waals surface area contributed by atoms with Crippen LogP contribution in [0.1, 0.15) is 12.8 Å². The molecule has 0 radical (unpaired) electrons. The van der Waals surface area contributed by atoms with Crippen LogP contribution in [0.4, 0.5) is 10.3 Å². The van der Waals surface area contributed by atoms with Crippen LogP contribution in [0.2, 0.25) is 10.0 Å². The van der Waals surface area contributed by atoms with Gasteiger partial charge in [-0.25, -0.2) is 14.4 Å². The third-order valence-corrected chi connectivity index (χ3v) is 6.41. The number of para-hydroxylation sites is 1. The number of fused-ring (bicyclic) bond motifs is 2. The van der Waals surface area contributed by atoms with Gasteiger partial charge in [-0.2, -0.15) is 0 Å². The SMILES string of the molecule is O=C(O)C1CCN(c2nc3cc(Cl)c(Cl)cc3n2-c2ccc3cccc(F)c3n2)CC1. The third-order valence-electron chi connectivity index (χ3n) is 5.69. The second-order valence-corrected chi connectivity index (χ2v) is 8.40. The predicted molar refractivity (Wildman–Crippen MR) is 119 cm³/mol. The normalized spacial score (nSPS) is 15.1. The molecule has 2 aromatic carbocycles. The van der Waals surface area contributed by atoms with Crippen molar-refractivity contribution in [3.63, 3.8) is 0 Å². The first-order chi connectivity index (χ1) is 14.9. The van der Waals surface area contributed by atoms with Crippen LogP contribution >= 0.6 is 23.2 Å². The molecule has 6 nitrogen and oxygen atoms in total. The Kier molecular flexibility index (Phi) is 4.95. The molecule has 3 heterocycles. The molecule has 0 saturated carbocycles. The summed E-state index contributed by atoms with van der Waals surface area (Å²) >= 11 is 12.5. The number of hydrogen-bond donors (Lipinski definition) is 1. The summed E-state index contributed by atoms with van der Waals surface area (Å²) in [6.07, 6.45) is 1.03. The summed E-state index contributed by atoms with van der Waals surface area (Å²) in [5.41, 5.74) is 1.57. The van der Waals surface area contributed by atoms with Gasteiger partial charge < -0.3 is 10.0 Å². The summed E-state index contributed by atoms with van der Waals surface area (Å²) in [5.74, 6) is -0.466. The second-order valence-electron chi connectivity index (χ2n) is 7.58. The molecule has 31 heavy (non-hydrogen) atoms. The van der Waals surface area contributed by atoms with Gasteiger partial charge in [-0.1, -0.05) is 35.3 Å². The zero-order chi connectivity index (χ0) is 21.7. The number of aliphatic carboxylic acids is 1. The molecular weight excluding hydrogens is 442 g/mol. The molecular formula is C22H17Cl2FN4O2. The van der Waals surface area contributed by atoms with Crippen molar-refractivity contribution in [2.45, 2.75) is 12.8 Å². The van der Waals surface area contributed by atoms with Crippen molar-refractivity contribution in [3.8, 4) is 5.82 Å². The van der Waals surface area contributed by atoms with E-state index in [1.807, 2.05) is 15.5 Å². The topological polar surface area (TPSA) is 71.2 Å². The number of nitrogens with zero attached hydrogens (tertiary/aromatic N) is 4. The van der Waals surface area contributed by atoms with E-state index in [1.54, 1.807) is 30.3 Å². The van der Waals surface area contributed by atoms with Crippen molar-refractivity contribution >= 4 is 57.1 Å².